The quantitative estimate of drug-likeness (QED) is 0.848. The fourth-order valence-corrected chi connectivity index (χ4v) is 3.44. The van der Waals surface area contributed by atoms with E-state index in [1.807, 2.05) is 24.3 Å². The highest BCUT2D eigenvalue weighted by Crippen LogP contribution is 2.31. The summed E-state index contributed by atoms with van der Waals surface area (Å²) in [6, 6.07) is 11.9. The number of anilines is 1. The van der Waals surface area contributed by atoms with Crippen LogP contribution in [-0.4, -0.2) is 27.1 Å². The molecule has 0 saturated heterocycles. The molecule has 0 fully saturated rings. The summed E-state index contributed by atoms with van der Waals surface area (Å²) in [5.41, 5.74) is 2.17. The second-order valence-electron chi connectivity index (χ2n) is 5.25. The van der Waals surface area contributed by atoms with Crippen LogP contribution < -0.4 is 4.90 Å². The Hall–Kier alpha value is -1.85. The summed E-state index contributed by atoms with van der Waals surface area (Å²) in [5.74, 6) is -0.277. The van der Waals surface area contributed by atoms with E-state index in [-0.39, 0.29) is 21.4 Å². The molecular formula is C16H14ClNO3S. The summed E-state index contributed by atoms with van der Waals surface area (Å²) in [7, 11) is -3.39. The summed E-state index contributed by atoms with van der Waals surface area (Å²) >= 11 is 6.10. The number of para-hydroxylation sites is 1. The Morgan fingerprint density at radius 3 is 2.64 bits per heavy atom. The summed E-state index contributed by atoms with van der Waals surface area (Å²) in [4.78, 5) is 14.5. The summed E-state index contributed by atoms with van der Waals surface area (Å²) in [5, 5.41) is 0.252. The predicted octanol–water partition coefficient (Wildman–Crippen LogP) is 2.95. The molecule has 114 valence electrons. The van der Waals surface area contributed by atoms with Gasteiger partial charge in [-0.15, -0.1) is 0 Å². The lowest BCUT2D eigenvalue weighted by Crippen LogP contribution is -2.29. The summed E-state index contributed by atoms with van der Waals surface area (Å²) < 4.78 is 23.3. The Morgan fingerprint density at radius 2 is 1.91 bits per heavy atom. The molecular weight excluding hydrogens is 322 g/mol. The zero-order valence-electron chi connectivity index (χ0n) is 11.9. The van der Waals surface area contributed by atoms with Crippen LogP contribution in [0.1, 0.15) is 15.9 Å². The molecule has 1 aliphatic rings. The van der Waals surface area contributed by atoms with Gasteiger partial charge in [-0.1, -0.05) is 29.8 Å². The molecule has 0 N–H and O–H groups in total. The van der Waals surface area contributed by atoms with E-state index in [0.717, 1.165) is 23.9 Å². The fraction of sp³-hybridized carbons (Fsp3) is 0.188. The Bertz CT molecular complexity index is 861. The molecule has 0 unspecified atom stereocenters. The zero-order valence-corrected chi connectivity index (χ0v) is 13.5. The highest BCUT2D eigenvalue weighted by Gasteiger charge is 2.27. The van der Waals surface area contributed by atoms with E-state index in [1.165, 1.54) is 18.2 Å². The number of halogens is 1. The highest BCUT2D eigenvalue weighted by atomic mass is 35.5. The number of carbonyl (C=O) groups excluding carboxylic acids is 1. The van der Waals surface area contributed by atoms with Crippen molar-refractivity contribution in [1.29, 1.82) is 0 Å². The average molecular weight is 336 g/mol. The standard InChI is InChI=1S/C16H14ClNO3S/c1-22(20,21)12-6-7-14(17)13(10-12)16(19)18-9-8-11-4-2-3-5-15(11)18/h2-7,10H,8-9H2,1H3. The minimum Gasteiger partial charge on any atom is -0.308 e. The van der Waals surface area contributed by atoms with E-state index in [1.54, 1.807) is 4.90 Å². The third-order valence-electron chi connectivity index (χ3n) is 3.73. The van der Waals surface area contributed by atoms with Gasteiger partial charge in [0.1, 0.15) is 0 Å². The van der Waals surface area contributed by atoms with Gasteiger partial charge in [0.05, 0.1) is 15.5 Å². The number of nitrogens with zero attached hydrogens (tertiary/aromatic N) is 1. The van der Waals surface area contributed by atoms with Gasteiger partial charge >= 0.3 is 0 Å². The van der Waals surface area contributed by atoms with Crippen LogP contribution in [0.4, 0.5) is 5.69 Å². The average Bonchev–Trinajstić information content (AvgIpc) is 2.89. The van der Waals surface area contributed by atoms with Crippen molar-refractivity contribution in [3.8, 4) is 0 Å². The maximum atomic E-state index is 12.8. The van der Waals surface area contributed by atoms with Gasteiger partial charge in [0, 0.05) is 18.5 Å². The fourth-order valence-electron chi connectivity index (χ4n) is 2.59. The number of hydrogen-bond donors (Lipinski definition) is 0. The molecule has 0 spiro atoms. The van der Waals surface area contributed by atoms with Gasteiger partial charge in [-0.25, -0.2) is 8.42 Å². The molecule has 1 aliphatic heterocycles. The molecule has 2 aromatic carbocycles. The predicted molar refractivity (Wildman–Crippen MR) is 86.4 cm³/mol. The van der Waals surface area contributed by atoms with E-state index >= 15 is 0 Å². The van der Waals surface area contributed by atoms with Crippen molar-refractivity contribution < 1.29 is 13.2 Å². The molecule has 0 radical (unpaired) electrons. The zero-order chi connectivity index (χ0) is 15.9. The van der Waals surface area contributed by atoms with Crippen molar-refractivity contribution >= 4 is 33.0 Å². The van der Waals surface area contributed by atoms with Gasteiger partial charge < -0.3 is 4.90 Å². The molecule has 0 aliphatic carbocycles. The molecule has 0 aromatic heterocycles. The molecule has 1 amide bonds. The molecule has 3 rings (SSSR count). The lowest BCUT2D eigenvalue weighted by atomic mass is 10.1. The number of amides is 1. The van der Waals surface area contributed by atoms with E-state index < -0.39 is 9.84 Å². The Labute approximate surface area is 134 Å². The first-order valence-corrected chi connectivity index (χ1v) is 9.04. The van der Waals surface area contributed by atoms with Crippen LogP contribution in [0.15, 0.2) is 47.4 Å². The van der Waals surface area contributed by atoms with Crippen molar-refractivity contribution in [3.05, 3.63) is 58.6 Å². The number of carbonyl (C=O) groups is 1. The van der Waals surface area contributed by atoms with Gasteiger partial charge in [-0.05, 0) is 36.2 Å². The van der Waals surface area contributed by atoms with Crippen LogP contribution in [0.2, 0.25) is 5.02 Å². The van der Waals surface area contributed by atoms with Crippen molar-refractivity contribution in [1.82, 2.24) is 0 Å². The van der Waals surface area contributed by atoms with Crippen LogP contribution >= 0.6 is 11.6 Å². The van der Waals surface area contributed by atoms with Crippen LogP contribution in [0.25, 0.3) is 0 Å². The normalized spacial score (nSPS) is 14.0. The molecule has 0 atom stereocenters. The number of hydrogen-bond acceptors (Lipinski definition) is 3. The van der Waals surface area contributed by atoms with Crippen molar-refractivity contribution in [2.75, 3.05) is 17.7 Å². The Morgan fingerprint density at radius 1 is 1.18 bits per heavy atom. The smallest absolute Gasteiger partial charge is 0.259 e. The van der Waals surface area contributed by atoms with Gasteiger partial charge in [0.25, 0.3) is 5.91 Å². The van der Waals surface area contributed by atoms with Crippen LogP contribution in [-0.2, 0) is 16.3 Å². The van der Waals surface area contributed by atoms with Gasteiger partial charge in [-0.2, -0.15) is 0 Å². The van der Waals surface area contributed by atoms with Crippen molar-refractivity contribution in [2.45, 2.75) is 11.3 Å². The van der Waals surface area contributed by atoms with Gasteiger partial charge in [-0.3, -0.25) is 4.79 Å². The lowest BCUT2D eigenvalue weighted by Gasteiger charge is -2.18. The maximum absolute atomic E-state index is 12.8. The molecule has 22 heavy (non-hydrogen) atoms. The first kappa shape index (κ1) is 15.1. The summed E-state index contributed by atoms with van der Waals surface area (Å²) in [6.45, 7) is 0.567. The third-order valence-corrected chi connectivity index (χ3v) is 5.17. The first-order chi connectivity index (χ1) is 10.4. The second kappa shape index (κ2) is 5.41. The number of sulfone groups is 1. The topological polar surface area (TPSA) is 54.5 Å². The first-order valence-electron chi connectivity index (χ1n) is 6.77. The molecule has 1 heterocycles. The van der Waals surface area contributed by atoms with E-state index in [4.69, 9.17) is 11.6 Å². The van der Waals surface area contributed by atoms with Crippen molar-refractivity contribution in [3.63, 3.8) is 0 Å². The Balaban J connectivity index is 2.04. The van der Waals surface area contributed by atoms with Crippen LogP contribution in [0.5, 0.6) is 0 Å². The lowest BCUT2D eigenvalue weighted by molar-refractivity contribution is 0.0989. The molecule has 0 bridgehead atoms. The second-order valence-corrected chi connectivity index (χ2v) is 7.67. The van der Waals surface area contributed by atoms with Gasteiger partial charge in [0.2, 0.25) is 0 Å². The maximum Gasteiger partial charge on any atom is 0.259 e. The molecule has 0 saturated carbocycles. The van der Waals surface area contributed by atoms with Crippen molar-refractivity contribution in [2.24, 2.45) is 0 Å². The number of rotatable bonds is 2. The minimum atomic E-state index is -3.39. The molecule has 4 nitrogen and oxygen atoms in total. The van der Waals surface area contributed by atoms with E-state index in [9.17, 15) is 13.2 Å². The SMILES string of the molecule is CS(=O)(=O)c1ccc(Cl)c(C(=O)N2CCc3ccccc32)c1. The van der Waals surface area contributed by atoms with Crippen LogP contribution in [0.3, 0.4) is 0 Å². The highest BCUT2D eigenvalue weighted by molar-refractivity contribution is 7.90. The molecule has 2 aromatic rings. The van der Waals surface area contributed by atoms with E-state index in [0.29, 0.717) is 6.54 Å². The minimum absolute atomic E-state index is 0.0905. The third kappa shape index (κ3) is 2.62. The van der Waals surface area contributed by atoms with Gasteiger partial charge in [0.15, 0.2) is 9.84 Å². The molecule has 6 heteroatoms. The number of benzene rings is 2. The largest absolute Gasteiger partial charge is 0.308 e. The summed E-state index contributed by atoms with van der Waals surface area (Å²) in [6.07, 6.45) is 1.89. The number of fused-ring (bicyclic) bond motifs is 1. The van der Waals surface area contributed by atoms with E-state index in [2.05, 4.69) is 0 Å². The monoisotopic (exact) mass is 335 g/mol. The van der Waals surface area contributed by atoms with Crippen LogP contribution in [0, 0.1) is 0 Å². The Kier molecular flexibility index (Phi) is 3.70.